The summed E-state index contributed by atoms with van der Waals surface area (Å²) >= 11 is 0. The van der Waals surface area contributed by atoms with Gasteiger partial charge in [-0.3, -0.25) is 0 Å². The molecule has 7 heteroatoms. The topological polar surface area (TPSA) is 60.0 Å². The highest BCUT2D eigenvalue weighted by molar-refractivity contribution is 5.74. The van der Waals surface area contributed by atoms with E-state index in [4.69, 9.17) is 14.2 Å². The van der Waals surface area contributed by atoms with Gasteiger partial charge in [0, 0.05) is 19.6 Å². The molecule has 2 aromatic carbocycles. The molecule has 150 valence electrons. The fourth-order valence-corrected chi connectivity index (χ4v) is 3.27. The summed E-state index contributed by atoms with van der Waals surface area (Å²) < 4.78 is 29.8. The Balaban J connectivity index is 1.62. The average molecular weight is 388 g/mol. The van der Waals surface area contributed by atoms with Crippen LogP contribution in [0.3, 0.4) is 0 Å². The molecule has 2 amide bonds. The molecule has 2 aromatic rings. The van der Waals surface area contributed by atoms with E-state index >= 15 is 0 Å². The fourth-order valence-electron chi connectivity index (χ4n) is 3.27. The first kappa shape index (κ1) is 19.8. The number of carbonyl (C=O) groups excluding carboxylic acids is 1. The molecular formula is C21H25FN2O4. The largest absolute Gasteiger partial charge is 0.493 e. The minimum absolute atomic E-state index is 0.185. The molecule has 0 saturated heterocycles. The van der Waals surface area contributed by atoms with Gasteiger partial charge in [0.2, 0.25) is 0 Å². The SMILES string of the molecule is CCOc1ccc(CNC(=O)N2CCc3cc(OC)c(OC)cc3C2)cc1F. The van der Waals surface area contributed by atoms with Gasteiger partial charge in [0.1, 0.15) is 0 Å². The van der Waals surface area contributed by atoms with E-state index in [1.54, 1.807) is 38.2 Å². The first-order chi connectivity index (χ1) is 13.5. The van der Waals surface area contributed by atoms with Crippen LogP contribution < -0.4 is 19.5 Å². The number of rotatable bonds is 6. The van der Waals surface area contributed by atoms with Crippen molar-refractivity contribution in [1.29, 1.82) is 0 Å². The molecule has 3 rings (SSSR count). The Kier molecular flexibility index (Phi) is 6.23. The van der Waals surface area contributed by atoms with Crippen molar-refractivity contribution in [2.45, 2.75) is 26.4 Å². The zero-order valence-corrected chi connectivity index (χ0v) is 16.4. The van der Waals surface area contributed by atoms with E-state index < -0.39 is 5.82 Å². The zero-order chi connectivity index (χ0) is 20.1. The second-order valence-electron chi connectivity index (χ2n) is 6.50. The third-order valence-corrected chi connectivity index (χ3v) is 4.75. The molecule has 1 aliphatic heterocycles. The summed E-state index contributed by atoms with van der Waals surface area (Å²) in [4.78, 5) is 14.3. The maximum atomic E-state index is 13.9. The molecule has 0 fully saturated rings. The summed E-state index contributed by atoms with van der Waals surface area (Å²) in [7, 11) is 3.20. The highest BCUT2D eigenvalue weighted by Gasteiger charge is 2.22. The molecule has 6 nitrogen and oxygen atoms in total. The number of hydrogen-bond donors (Lipinski definition) is 1. The summed E-state index contributed by atoms with van der Waals surface area (Å²) in [5.74, 6) is 1.13. The van der Waals surface area contributed by atoms with Gasteiger partial charge in [-0.1, -0.05) is 6.07 Å². The molecule has 0 radical (unpaired) electrons. The summed E-state index contributed by atoms with van der Waals surface area (Å²) in [6.45, 7) is 3.54. The van der Waals surface area contributed by atoms with Gasteiger partial charge in [-0.15, -0.1) is 0 Å². The van der Waals surface area contributed by atoms with Gasteiger partial charge in [0.05, 0.1) is 20.8 Å². The Labute approximate surface area is 164 Å². The van der Waals surface area contributed by atoms with Crippen LogP contribution in [0.25, 0.3) is 0 Å². The number of nitrogens with one attached hydrogen (secondary N) is 1. The molecule has 0 bridgehead atoms. The lowest BCUT2D eigenvalue weighted by Crippen LogP contribution is -2.42. The van der Waals surface area contributed by atoms with Crippen molar-refractivity contribution in [2.24, 2.45) is 0 Å². The van der Waals surface area contributed by atoms with Gasteiger partial charge < -0.3 is 24.4 Å². The van der Waals surface area contributed by atoms with Crippen LogP contribution in [0.15, 0.2) is 30.3 Å². The molecule has 28 heavy (non-hydrogen) atoms. The molecule has 0 spiro atoms. The van der Waals surface area contributed by atoms with Crippen molar-refractivity contribution in [3.63, 3.8) is 0 Å². The molecule has 0 aliphatic carbocycles. The lowest BCUT2D eigenvalue weighted by Gasteiger charge is -2.29. The first-order valence-corrected chi connectivity index (χ1v) is 9.23. The number of halogens is 1. The van der Waals surface area contributed by atoms with Gasteiger partial charge in [0.25, 0.3) is 0 Å². The van der Waals surface area contributed by atoms with Gasteiger partial charge in [-0.2, -0.15) is 0 Å². The van der Waals surface area contributed by atoms with Gasteiger partial charge in [0.15, 0.2) is 23.1 Å². The van der Waals surface area contributed by atoms with E-state index in [-0.39, 0.29) is 18.3 Å². The van der Waals surface area contributed by atoms with Crippen molar-refractivity contribution >= 4 is 6.03 Å². The smallest absolute Gasteiger partial charge is 0.317 e. The van der Waals surface area contributed by atoms with Crippen LogP contribution in [0.4, 0.5) is 9.18 Å². The predicted molar refractivity (Wildman–Crippen MR) is 103 cm³/mol. The Bertz CT molecular complexity index is 857. The number of carbonyl (C=O) groups is 1. The number of amides is 2. The predicted octanol–water partition coefficient (Wildman–Crippen LogP) is 3.51. The van der Waals surface area contributed by atoms with Crippen LogP contribution >= 0.6 is 0 Å². The number of ether oxygens (including phenoxy) is 3. The van der Waals surface area contributed by atoms with Gasteiger partial charge >= 0.3 is 6.03 Å². The van der Waals surface area contributed by atoms with Crippen molar-refractivity contribution in [3.8, 4) is 17.2 Å². The molecule has 0 saturated carbocycles. The summed E-state index contributed by atoms with van der Waals surface area (Å²) in [5, 5.41) is 2.85. The highest BCUT2D eigenvalue weighted by Crippen LogP contribution is 2.33. The molecule has 0 atom stereocenters. The van der Waals surface area contributed by atoms with Gasteiger partial charge in [-0.05, 0) is 54.3 Å². The van der Waals surface area contributed by atoms with Crippen LogP contribution in [-0.4, -0.2) is 38.3 Å². The molecule has 1 N–H and O–H groups in total. The molecule has 0 aromatic heterocycles. The van der Waals surface area contributed by atoms with Crippen LogP contribution in [0.2, 0.25) is 0 Å². The standard InChI is InChI=1S/C21H25FN2O4/c1-4-28-18-6-5-14(9-17(18)22)12-23-21(25)24-8-7-15-10-19(26-2)20(27-3)11-16(15)13-24/h5-6,9-11H,4,7-8,12-13H2,1-3H3,(H,23,25). The van der Waals surface area contributed by atoms with E-state index in [2.05, 4.69) is 5.32 Å². The summed E-state index contributed by atoms with van der Waals surface area (Å²) in [6, 6.07) is 8.40. The molecule has 1 aliphatic rings. The monoisotopic (exact) mass is 388 g/mol. The number of benzene rings is 2. The number of urea groups is 1. The summed E-state index contributed by atoms with van der Waals surface area (Å²) in [6.07, 6.45) is 0.737. The van der Waals surface area contributed by atoms with Crippen molar-refractivity contribution in [3.05, 3.63) is 52.8 Å². The molecule has 0 unspecified atom stereocenters. The summed E-state index contributed by atoms with van der Waals surface area (Å²) in [5.41, 5.74) is 2.86. The van der Waals surface area contributed by atoms with E-state index in [1.807, 2.05) is 12.1 Å². The Morgan fingerprint density at radius 3 is 2.46 bits per heavy atom. The molecule has 1 heterocycles. The van der Waals surface area contributed by atoms with Crippen LogP contribution in [0, 0.1) is 5.82 Å². The van der Waals surface area contributed by atoms with Gasteiger partial charge in [-0.25, -0.2) is 9.18 Å². The van der Waals surface area contributed by atoms with E-state index in [9.17, 15) is 9.18 Å². The van der Waals surface area contributed by atoms with Crippen molar-refractivity contribution in [2.75, 3.05) is 27.4 Å². The first-order valence-electron chi connectivity index (χ1n) is 9.23. The highest BCUT2D eigenvalue weighted by atomic mass is 19.1. The number of fused-ring (bicyclic) bond motifs is 1. The van der Waals surface area contributed by atoms with Crippen LogP contribution in [0.5, 0.6) is 17.2 Å². The van der Waals surface area contributed by atoms with Crippen molar-refractivity contribution in [1.82, 2.24) is 10.2 Å². The third kappa shape index (κ3) is 4.30. The average Bonchev–Trinajstić information content (AvgIpc) is 2.72. The molecular weight excluding hydrogens is 363 g/mol. The quantitative estimate of drug-likeness (QED) is 0.823. The van der Waals surface area contributed by atoms with Crippen LogP contribution in [0.1, 0.15) is 23.6 Å². The second kappa shape index (κ2) is 8.82. The van der Waals surface area contributed by atoms with Crippen LogP contribution in [-0.2, 0) is 19.5 Å². The zero-order valence-electron chi connectivity index (χ0n) is 16.4. The lowest BCUT2D eigenvalue weighted by atomic mass is 9.99. The third-order valence-electron chi connectivity index (χ3n) is 4.75. The Hall–Kier alpha value is -2.96. The maximum Gasteiger partial charge on any atom is 0.317 e. The minimum atomic E-state index is -0.429. The van der Waals surface area contributed by atoms with E-state index in [0.29, 0.717) is 36.8 Å². The Morgan fingerprint density at radius 2 is 1.82 bits per heavy atom. The Morgan fingerprint density at radius 1 is 1.11 bits per heavy atom. The number of methoxy groups -OCH3 is 2. The van der Waals surface area contributed by atoms with E-state index in [0.717, 1.165) is 17.5 Å². The lowest BCUT2D eigenvalue weighted by molar-refractivity contribution is 0.191. The maximum absolute atomic E-state index is 13.9. The van der Waals surface area contributed by atoms with Crippen molar-refractivity contribution < 1.29 is 23.4 Å². The van der Waals surface area contributed by atoms with E-state index in [1.165, 1.54) is 6.07 Å². The number of nitrogens with zero attached hydrogens (tertiary/aromatic N) is 1. The number of hydrogen-bond acceptors (Lipinski definition) is 4. The minimum Gasteiger partial charge on any atom is -0.493 e. The second-order valence-corrected chi connectivity index (χ2v) is 6.50. The normalized spacial score (nSPS) is 12.9. The fraction of sp³-hybridized carbons (Fsp3) is 0.381.